The highest BCUT2D eigenvalue weighted by molar-refractivity contribution is 5.90. The number of carbonyl (C=O) groups is 2. The molecule has 2 heterocycles. The second kappa shape index (κ2) is 7.29. The summed E-state index contributed by atoms with van der Waals surface area (Å²) in [5.41, 5.74) is 0.972. The Hall–Kier alpha value is -2.04. The lowest BCUT2D eigenvalue weighted by Crippen LogP contribution is -2.52. The molecule has 0 bridgehead atoms. The molecule has 0 spiro atoms. The molecule has 1 saturated carbocycles. The summed E-state index contributed by atoms with van der Waals surface area (Å²) in [6, 6.07) is 10.3. The van der Waals surface area contributed by atoms with Crippen molar-refractivity contribution in [2.24, 2.45) is 11.8 Å². The summed E-state index contributed by atoms with van der Waals surface area (Å²) in [4.78, 5) is 28.0. The maximum absolute atomic E-state index is 13.2. The molecule has 1 aliphatic carbocycles. The summed E-state index contributed by atoms with van der Waals surface area (Å²) < 4.78 is 0. The van der Waals surface area contributed by atoms with Gasteiger partial charge in [-0.05, 0) is 43.7 Å². The van der Waals surface area contributed by atoms with Crippen molar-refractivity contribution in [3.05, 3.63) is 30.3 Å². The van der Waals surface area contributed by atoms with Gasteiger partial charge in [0.05, 0.1) is 18.2 Å². The lowest BCUT2D eigenvalue weighted by Gasteiger charge is -2.45. The Balaban J connectivity index is 1.45. The minimum absolute atomic E-state index is 0.0481. The van der Waals surface area contributed by atoms with Crippen LogP contribution in [0, 0.1) is 11.8 Å². The van der Waals surface area contributed by atoms with Crippen LogP contribution in [0.25, 0.3) is 0 Å². The van der Waals surface area contributed by atoms with Crippen LogP contribution in [0.2, 0.25) is 0 Å². The van der Waals surface area contributed by atoms with Crippen LogP contribution in [0.15, 0.2) is 30.3 Å². The SMILES string of the molecule is CN(c1ccccc1)N1CC(C(=O)N2CCCC3CCCCC32)CC1=O. The number of benzene rings is 1. The van der Waals surface area contributed by atoms with E-state index < -0.39 is 0 Å². The smallest absolute Gasteiger partial charge is 0.241 e. The molecule has 26 heavy (non-hydrogen) atoms. The van der Waals surface area contributed by atoms with Crippen LogP contribution in [0.3, 0.4) is 0 Å². The molecular formula is C21H29N3O2. The summed E-state index contributed by atoms with van der Waals surface area (Å²) >= 11 is 0. The van der Waals surface area contributed by atoms with Gasteiger partial charge in [-0.25, -0.2) is 0 Å². The molecule has 3 unspecified atom stereocenters. The van der Waals surface area contributed by atoms with Gasteiger partial charge in [-0.1, -0.05) is 31.0 Å². The number of fused-ring (bicyclic) bond motifs is 1. The highest BCUT2D eigenvalue weighted by Gasteiger charge is 2.42. The topological polar surface area (TPSA) is 43.9 Å². The van der Waals surface area contributed by atoms with Gasteiger partial charge >= 0.3 is 0 Å². The van der Waals surface area contributed by atoms with Crippen LogP contribution in [0.1, 0.15) is 44.9 Å². The minimum Gasteiger partial charge on any atom is -0.339 e. The minimum atomic E-state index is -0.200. The summed E-state index contributed by atoms with van der Waals surface area (Å²) in [5.74, 6) is 0.738. The third kappa shape index (κ3) is 3.19. The van der Waals surface area contributed by atoms with E-state index in [1.807, 2.05) is 42.4 Å². The van der Waals surface area contributed by atoms with E-state index in [4.69, 9.17) is 0 Å². The molecule has 5 heteroatoms. The Morgan fingerprint density at radius 3 is 2.62 bits per heavy atom. The maximum atomic E-state index is 13.2. The van der Waals surface area contributed by atoms with Gasteiger partial charge in [0.15, 0.2) is 0 Å². The molecule has 0 aromatic heterocycles. The zero-order valence-corrected chi connectivity index (χ0v) is 15.6. The number of para-hydroxylation sites is 1. The van der Waals surface area contributed by atoms with Crippen molar-refractivity contribution in [2.75, 3.05) is 25.1 Å². The quantitative estimate of drug-likeness (QED) is 0.837. The molecule has 0 radical (unpaired) electrons. The number of piperidine rings is 1. The Labute approximate surface area is 155 Å². The molecule has 2 amide bonds. The largest absolute Gasteiger partial charge is 0.339 e. The van der Waals surface area contributed by atoms with E-state index in [1.165, 1.54) is 25.7 Å². The molecule has 2 aliphatic heterocycles. The summed E-state index contributed by atoms with van der Waals surface area (Å²) in [6.45, 7) is 1.37. The van der Waals surface area contributed by atoms with Crippen molar-refractivity contribution < 1.29 is 9.59 Å². The number of carbonyl (C=O) groups excluding carboxylic acids is 2. The van der Waals surface area contributed by atoms with Gasteiger partial charge in [-0.2, -0.15) is 0 Å². The number of rotatable bonds is 3. The fourth-order valence-corrected chi connectivity index (χ4v) is 5.06. The maximum Gasteiger partial charge on any atom is 0.241 e. The van der Waals surface area contributed by atoms with Gasteiger partial charge < -0.3 is 4.90 Å². The van der Waals surface area contributed by atoms with Gasteiger partial charge in [0.2, 0.25) is 11.8 Å². The summed E-state index contributed by atoms with van der Waals surface area (Å²) in [6.07, 6.45) is 7.66. The van der Waals surface area contributed by atoms with Crippen molar-refractivity contribution in [1.82, 2.24) is 9.91 Å². The van der Waals surface area contributed by atoms with Crippen LogP contribution in [0.5, 0.6) is 0 Å². The third-order valence-electron chi connectivity index (χ3n) is 6.47. The first-order chi connectivity index (χ1) is 12.6. The fraction of sp³-hybridized carbons (Fsp3) is 0.619. The zero-order valence-electron chi connectivity index (χ0n) is 15.6. The first-order valence-corrected chi connectivity index (χ1v) is 10.0. The first-order valence-electron chi connectivity index (χ1n) is 10.0. The standard InChI is InChI=1S/C21H29N3O2/c1-22(18-10-3-2-4-11-18)24-15-17(14-20(24)25)21(26)23-13-7-9-16-8-5-6-12-19(16)23/h2-4,10-11,16-17,19H,5-9,12-15H2,1H3. The number of hydrogen-bond acceptors (Lipinski definition) is 3. The van der Waals surface area contributed by atoms with Crippen LogP contribution >= 0.6 is 0 Å². The summed E-state index contributed by atoms with van der Waals surface area (Å²) in [7, 11) is 1.90. The van der Waals surface area contributed by atoms with Crippen LogP contribution < -0.4 is 5.01 Å². The molecule has 1 aromatic carbocycles. The van der Waals surface area contributed by atoms with Crippen LogP contribution in [0.4, 0.5) is 5.69 Å². The van der Waals surface area contributed by atoms with E-state index in [-0.39, 0.29) is 17.7 Å². The van der Waals surface area contributed by atoms with E-state index in [0.717, 1.165) is 25.1 Å². The van der Waals surface area contributed by atoms with Gasteiger partial charge in [0.1, 0.15) is 0 Å². The molecule has 4 rings (SSSR count). The fourth-order valence-electron chi connectivity index (χ4n) is 5.06. The predicted octanol–water partition coefficient (Wildman–Crippen LogP) is 3.07. The number of anilines is 1. The highest BCUT2D eigenvalue weighted by atomic mass is 16.2. The number of hydrazine groups is 1. The van der Waals surface area contributed by atoms with E-state index in [9.17, 15) is 9.59 Å². The average molecular weight is 355 g/mol. The Bertz CT molecular complexity index is 660. The van der Waals surface area contributed by atoms with E-state index >= 15 is 0 Å². The first kappa shape index (κ1) is 17.4. The Morgan fingerprint density at radius 2 is 1.81 bits per heavy atom. The average Bonchev–Trinajstić information content (AvgIpc) is 3.08. The van der Waals surface area contributed by atoms with Crippen molar-refractivity contribution in [3.8, 4) is 0 Å². The zero-order chi connectivity index (χ0) is 18.1. The number of nitrogens with zero attached hydrogens (tertiary/aromatic N) is 3. The molecule has 1 aromatic rings. The molecule has 2 saturated heterocycles. The molecule has 3 aliphatic rings. The molecular weight excluding hydrogens is 326 g/mol. The van der Waals surface area contributed by atoms with Crippen molar-refractivity contribution in [2.45, 2.75) is 51.0 Å². The van der Waals surface area contributed by atoms with Gasteiger partial charge in [0.25, 0.3) is 0 Å². The molecule has 3 atom stereocenters. The van der Waals surface area contributed by atoms with Crippen LogP contribution in [-0.2, 0) is 9.59 Å². The monoisotopic (exact) mass is 355 g/mol. The third-order valence-corrected chi connectivity index (χ3v) is 6.47. The van der Waals surface area contributed by atoms with E-state index in [1.54, 1.807) is 5.01 Å². The predicted molar refractivity (Wildman–Crippen MR) is 101 cm³/mol. The van der Waals surface area contributed by atoms with E-state index in [0.29, 0.717) is 24.9 Å². The number of amides is 2. The van der Waals surface area contributed by atoms with Gasteiger partial charge in [-0.15, -0.1) is 0 Å². The molecule has 3 fully saturated rings. The lowest BCUT2D eigenvalue weighted by atomic mass is 9.78. The molecule has 5 nitrogen and oxygen atoms in total. The summed E-state index contributed by atoms with van der Waals surface area (Å²) in [5, 5.41) is 3.62. The van der Waals surface area contributed by atoms with E-state index in [2.05, 4.69) is 4.90 Å². The van der Waals surface area contributed by atoms with Crippen molar-refractivity contribution in [1.29, 1.82) is 0 Å². The molecule has 0 N–H and O–H groups in total. The van der Waals surface area contributed by atoms with Crippen LogP contribution in [-0.4, -0.2) is 47.9 Å². The number of likely N-dealkylation sites (tertiary alicyclic amines) is 1. The Morgan fingerprint density at radius 1 is 1.08 bits per heavy atom. The van der Waals surface area contributed by atoms with Crippen molar-refractivity contribution in [3.63, 3.8) is 0 Å². The lowest BCUT2D eigenvalue weighted by molar-refractivity contribution is -0.142. The van der Waals surface area contributed by atoms with Gasteiger partial charge in [-0.3, -0.25) is 19.6 Å². The normalized spacial score (nSPS) is 28.8. The highest BCUT2D eigenvalue weighted by Crippen LogP contribution is 2.37. The second-order valence-corrected chi connectivity index (χ2v) is 8.02. The second-order valence-electron chi connectivity index (χ2n) is 8.02. The Kier molecular flexibility index (Phi) is 4.88. The van der Waals surface area contributed by atoms with Crippen molar-refractivity contribution >= 4 is 17.5 Å². The molecule has 140 valence electrons. The van der Waals surface area contributed by atoms with Gasteiger partial charge in [0, 0.05) is 26.1 Å². The number of hydrogen-bond donors (Lipinski definition) is 0.